The van der Waals surface area contributed by atoms with Crippen LogP contribution in [0, 0.1) is 10.1 Å². The third-order valence-electron chi connectivity index (χ3n) is 3.57. The molecule has 0 aliphatic carbocycles. The predicted octanol–water partition coefficient (Wildman–Crippen LogP) is 1.62. The molecule has 0 fully saturated rings. The molecular formula is C17H18N2O7. The molecule has 4 N–H and O–H groups in total. The zero-order chi connectivity index (χ0) is 19.1. The summed E-state index contributed by atoms with van der Waals surface area (Å²) in [6.45, 7) is -0.339. The highest BCUT2D eigenvalue weighted by Crippen LogP contribution is 2.30. The standard InChI is InChI=1S/C17H18N2O7/c20-14-7-6-12(19(24)25)8-13(14)16(22)15(21)9-18-17(23)26-10-11-4-2-1-3-5-11/h1-8,15-16,20-22H,9-10H2,(H,18,23). The maximum Gasteiger partial charge on any atom is 0.407 e. The van der Waals surface area contributed by atoms with Gasteiger partial charge in [0.15, 0.2) is 0 Å². The summed E-state index contributed by atoms with van der Waals surface area (Å²) >= 11 is 0. The van der Waals surface area contributed by atoms with Crippen LogP contribution in [0.4, 0.5) is 10.5 Å². The fraction of sp³-hybridized carbons (Fsp3) is 0.235. The second-order valence-electron chi connectivity index (χ2n) is 5.46. The molecule has 2 rings (SSSR count). The van der Waals surface area contributed by atoms with Crippen LogP contribution in [-0.2, 0) is 11.3 Å². The molecule has 0 aliphatic rings. The molecule has 2 unspecified atom stereocenters. The Kier molecular flexibility index (Phi) is 6.48. The first-order chi connectivity index (χ1) is 12.4. The van der Waals surface area contributed by atoms with E-state index in [2.05, 4.69) is 5.32 Å². The zero-order valence-electron chi connectivity index (χ0n) is 13.6. The number of rotatable bonds is 7. The highest BCUT2D eigenvalue weighted by atomic mass is 16.6. The molecule has 0 saturated carbocycles. The Labute approximate surface area is 148 Å². The molecule has 0 aromatic heterocycles. The van der Waals surface area contributed by atoms with Gasteiger partial charge < -0.3 is 25.4 Å². The van der Waals surface area contributed by atoms with Gasteiger partial charge in [0, 0.05) is 24.2 Å². The average Bonchev–Trinajstić information content (AvgIpc) is 2.64. The summed E-state index contributed by atoms with van der Waals surface area (Å²) in [4.78, 5) is 21.7. The lowest BCUT2D eigenvalue weighted by Crippen LogP contribution is -2.35. The van der Waals surface area contributed by atoms with E-state index >= 15 is 0 Å². The number of aliphatic hydroxyl groups is 2. The van der Waals surface area contributed by atoms with Crippen LogP contribution >= 0.6 is 0 Å². The molecule has 138 valence electrons. The molecule has 26 heavy (non-hydrogen) atoms. The van der Waals surface area contributed by atoms with Crippen LogP contribution in [0.2, 0.25) is 0 Å². The molecule has 0 aliphatic heterocycles. The Morgan fingerprint density at radius 2 is 1.88 bits per heavy atom. The first-order valence-corrected chi connectivity index (χ1v) is 7.66. The number of carbonyl (C=O) groups excluding carboxylic acids is 1. The molecule has 9 heteroatoms. The minimum atomic E-state index is -1.63. The highest BCUT2D eigenvalue weighted by Gasteiger charge is 2.24. The van der Waals surface area contributed by atoms with Crippen molar-refractivity contribution >= 4 is 11.8 Å². The Morgan fingerprint density at radius 3 is 2.54 bits per heavy atom. The van der Waals surface area contributed by atoms with Gasteiger partial charge in [-0.3, -0.25) is 10.1 Å². The molecule has 0 radical (unpaired) electrons. The zero-order valence-corrected chi connectivity index (χ0v) is 13.6. The third kappa shape index (κ3) is 5.16. The predicted molar refractivity (Wildman–Crippen MR) is 90.4 cm³/mol. The highest BCUT2D eigenvalue weighted by molar-refractivity contribution is 5.67. The Balaban J connectivity index is 1.88. The lowest BCUT2D eigenvalue weighted by molar-refractivity contribution is -0.385. The minimum absolute atomic E-state index is 0.0387. The number of benzene rings is 2. The van der Waals surface area contributed by atoms with Gasteiger partial charge in [0.2, 0.25) is 0 Å². The number of nitrogens with zero attached hydrogens (tertiary/aromatic N) is 1. The van der Waals surface area contributed by atoms with Crippen LogP contribution in [0.25, 0.3) is 0 Å². The van der Waals surface area contributed by atoms with E-state index in [9.17, 15) is 30.2 Å². The summed E-state index contributed by atoms with van der Waals surface area (Å²) < 4.78 is 4.96. The lowest BCUT2D eigenvalue weighted by Gasteiger charge is -2.19. The third-order valence-corrected chi connectivity index (χ3v) is 3.57. The number of amides is 1. The van der Waals surface area contributed by atoms with Crippen molar-refractivity contribution in [2.75, 3.05) is 6.54 Å². The SMILES string of the molecule is O=C(NCC(O)C(O)c1cc([N+](=O)[O-])ccc1O)OCc1ccccc1. The van der Waals surface area contributed by atoms with Gasteiger partial charge in [0.25, 0.3) is 5.69 Å². The maximum absolute atomic E-state index is 11.6. The van der Waals surface area contributed by atoms with Crippen molar-refractivity contribution in [1.82, 2.24) is 5.32 Å². The van der Waals surface area contributed by atoms with E-state index in [-0.39, 0.29) is 24.4 Å². The molecule has 0 saturated heterocycles. The number of nitrogens with one attached hydrogen (secondary N) is 1. The van der Waals surface area contributed by atoms with Gasteiger partial charge in [-0.2, -0.15) is 0 Å². The van der Waals surface area contributed by atoms with Gasteiger partial charge in [-0.05, 0) is 11.6 Å². The molecule has 0 heterocycles. The summed E-state index contributed by atoms with van der Waals surface area (Å²) in [5.41, 5.74) is 0.218. The van der Waals surface area contributed by atoms with Crippen molar-refractivity contribution in [2.24, 2.45) is 0 Å². The van der Waals surface area contributed by atoms with Crippen molar-refractivity contribution in [3.63, 3.8) is 0 Å². The Hall–Kier alpha value is -3.17. The van der Waals surface area contributed by atoms with E-state index in [1.54, 1.807) is 24.3 Å². The summed E-state index contributed by atoms with van der Waals surface area (Å²) in [6, 6.07) is 12.0. The van der Waals surface area contributed by atoms with Gasteiger partial charge in [0.05, 0.1) is 4.92 Å². The number of nitro groups is 1. The first-order valence-electron chi connectivity index (χ1n) is 7.66. The number of nitro benzene ring substituents is 1. The first kappa shape index (κ1) is 19.2. The second kappa shape index (κ2) is 8.79. The van der Waals surface area contributed by atoms with Crippen LogP contribution in [0.3, 0.4) is 0 Å². The van der Waals surface area contributed by atoms with Crippen molar-refractivity contribution in [2.45, 2.75) is 18.8 Å². The summed E-state index contributed by atoms with van der Waals surface area (Å²) in [5, 5.41) is 42.8. The number of phenols is 1. The summed E-state index contributed by atoms with van der Waals surface area (Å²) in [6.07, 6.45) is -3.94. The van der Waals surface area contributed by atoms with E-state index < -0.39 is 29.0 Å². The number of alkyl carbamates (subject to hydrolysis) is 1. The fourth-order valence-electron chi connectivity index (χ4n) is 2.17. The number of carbonyl (C=O) groups is 1. The second-order valence-corrected chi connectivity index (χ2v) is 5.46. The van der Waals surface area contributed by atoms with Crippen molar-refractivity contribution < 1.29 is 29.8 Å². The topological polar surface area (TPSA) is 142 Å². The number of hydrogen-bond donors (Lipinski definition) is 4. The largest absolute Gasteiger partial charge is 0.508 e. The molecule has 0 bridgehead atoms. The minimum Gasteiger partial charge on any atom is -0.508 e. The van der Waals surface area contributed by atoms with Gasteiger partial charge in [0.1, 0.15) is 24.6 Å². The number of hydrogen-bond acceptors (Lipinski definition) is 7. The lowest BCUT2D eigenvalue weighted by atomic mass is 10.0. The molecule has 2 aromatic rings. The van der Waals surface area contributed by atoms with Crippen LogP contribution in [0.15, 0.2) is 48.5 Å². The van der Waals surface area contributed by atoms with E-state index in [0.29, 0.717) is 0 Å². The van der Waals surface area contributed by atoms with Gasteiger partial charge in [-0.15, -0.1) is 0 Å². The molecule has 2 aromatic carbocycles. The van der Waals surface area contributed by atoms with Crippen molar-refractivity contribution in [3.8, 4) is 5.75 Å². The number of aromatic hydroxyl groups is 1. The van der Waals surface area contributed by atoms with E-state index in [1.807, 2.05) is 6.07 Å². The molecule has 0 spiro atoms. The molecule has 1 amide bonds. The van der Waals surface area contributed by atoms with Crippen molar-refractivity contribution in [3.05, 3.63) is 69.8 Å². The van der Waals surface area contributed by atoms with Gasteiger partial charge in [-0.1, -0.05) is 30.3 Å². The van der Waals surface area contributed by atoms with Crippen molar-refractivity contribution in [1.29, 1.82) is 0 Å². The summed E-state index contributed by atoms with van der Waals surface area (Å²) in [7, 11) is 0. The Morgan fingerprint density at radius 1 is 1.19 bits per heavy atom. The van der Waals surface area contributed by atoms with Crippen LogP contribution in [0.1, 0.15) is 17.2 Å². The van der Waals surface area contributed by atoms with E-state index in [1.165, 1.54) is 0 Å². The maximum atomic E-state index is 11.6. The number of phenolic OH excluding ortho intramolecular Hbond substituents is 1. The number of ether oxygens (including phenoxy) is 1. The van der Waals surface area contributed by atoms with Crippen LogP contribution in [-0.4, -0.2) is 39.0 Å². The molecule has 9 nitrogen and oxygen atoms in total. The van der Waals surface area contributed by atoms with Gasteiger partial charge >= 0.3 is 6.09 Å². The van der Waals surface area contributed by atoms with Crippen LogP contribution in [0.5, 0.6) is 5.75 Å². The average molecular weight is 362 g/mol. The monoisotopic (exact) mass is 362 g/mol. The van der Waals surface area contributed by atoms with Crippen LogP contribution < -0.4 is 5.32 Å². The fourth-order valence-corrected chi connectivity index (χ4v) is 2.17. The summed E-state index contributed by atoms with van der Waals surface area (Å²) in [5.74, 6) is -0.409. The molecular weight excluding hydrogens is 344 g/mol. The number of aliphatic hydroxyl groups excluding tert-OH is 2. The number of non-ortho nitro benzene ring substituents is 1. The van der Waals surface area contributed by atoms with E-state index in [0.717, 1.165) is 23.8 Å². The van der Waals surface area contributed by atoms with Gasteiger partial charge in [-0.25, -0.2) is 4.79 Å². The van der Waals surface area contributed by atoms with E-state index in [4.69, 9.17) is 4.74 Å². The smallest absolute Gasteiger partial charge is 0.407 e. The normalized spacial score (nSPS) is 12.8. The quantitative estimate of drug-likeness (QED) is 0.433. The molecule has 2 atom stereocenters. The Bertz CT molecular complexity index is 767.